The number of hydrogen-bond acceptors (Lipinski definition) is 5. The SMILES string of the molecule is CC1(C(=O)O)CN(C(=O)Cc2csc(-c3cccc(F)c3)n2)CCO1. The van der Waals surface area contributed by atoms with Gasteiger partial charge in [-0.25, -0.2) is 14.2 Å². The summed E-state index contributed by atoms with van der Waals surface area (Å²) in [6, 6.07) is 6.12. The van der Waals surface area contributed by atoms with Crippen LogP contribution in [0.4, 0.5) is 4.39 Å². The number of benzene rings is 1. The second-order valence-electron chi connectivity index (χ2n) is 6.03. The smallest absolute Gasteiger partial charge is 0.337 e. The summed E-state index contributed by atoms with van der Waals surface area (Å²) in [5, 5.41) is 11.6. The van der Waals surface area contributed by atoms with Gasteiger partial charge in [0, 0.05) is 17.5 Å². The number of amides is 1. The average molecular weight is 364 g/mol. The summed E-state index contributed by atoms with van der Waals surface area (Å²) in [7, 11) is 0. The molecule has 1 amide bonds. The van der Waals surface area contributed by atoms with Crippen LogP contribution in [-0.4, -0.2) is 52.2 Å². The Labute approximate surface area is 147 Å². The van der Waals surface area contributed by atoms with Crippen LogP contribution in [0.1, 0.15) is 12.6 Å². The Bertz CT molecular complexity index is 809. The van der Waals surface area contributed by atoms with E-state index >= 15 is 0 Å². The standard InChI is InChI=1S/C17H17FN2O4S/c1-17(16(22)23)10-20(5-6-24-17)14(21)8-13-9-25-15(19-13)11-3-2-4-12(18)7-11/h2-4,7,9H,5-6,8,10H2,1H3,(H,22,23). The highest BCUT2D eigenvalue weighted by Gasteiger charge is 2.40. The van der Waals surface area contributed by atoms with Crippen LogP contribution in [0.15, 0.2) is 29.6 Å². The van der Waals surface area contributed by atoms with E-state index in [9.17, 15) is 19.1 Å². The molecule has 1 aliphatic rings. The van der Waals surface area contributed by atoms with E-state index in [4.69, 9.17) is 4.74 Å². The number of carboxylic acids is 1. The second-order valence-corrected chi connectivity index (χ2v) is 6.89. The molecule has 0 saturated carbocycles. The highest BCUT2D eigenvalue weighted by atomic mass is 32.1. The quantitative estimate of drug-likeness (QED) is 0.900. The third-order valence-corrected chi connectivity index (χ3v) is 4.98. The molecule has 2 aromatic rings. The van der Waals surface area contributed by atoms with Gasteiger partial charge in [-0.3, -0.25) is 4.79 Å². The Morgan fingerprint density at radius 2 is 2.28 bits per heavy atom. The Balaban J connectivity index is 1.68. The van der Waals surface area contributed by atoms with Crippen molar-refractivity contribution in [1.82, 2.24) is 9.88 Å². The van der Waals surface area contributed by atoms with Gasteiger partial charge in [0.05, 0.1) is 25.3 Å². The van der Waals surface area contributed by atoms with Crippen molar-refractivity contribution in [3.63, 3.8) is 0 Å². The monoisotopic (exact) mass is 364 g/mol. The van der Waals surface area contributed by atoms with E-state index in [-0.39, 0.29) is 31.3 Å². The summed E-state index contributed by atoms with van der Waals surface area (Å²) in [6.07, 6.45) is 0.0709. The Morgan fingerprint density at radius 3 is 3.00 bits per heavy atom. The molecule has 3 rings (SSSR count). The maximum Gasteiger partial charge on any atom is 0.337 e. The molecule has 1 saturated heterocycles. The number of ether oxygens (including phenoxy) is 1. The number of aromatic nitrogens is 1. The first-order valence-corrected chi connectivity index (χ1v) is 8.61. The Hall–Kier alpha value is -2.32. The molecule has 1 aromatic carbocycles. The molecule has 8 heteroatoms. The number of aliphatic carboxylic acids is 1. The topological polar surface area (TPSA) is 79.7 Å². The van der Waals surface area contributed by atoms with E-state index in [2.05, 4.69) is 4.98 Å². The van der Waals surface area contributed by atoms with Crippen molar-refractivity contribution in [2.75, 3.05) is 19.7 Å². The van der Waals surface area contributed by atoms with Crippen molar-refractivity contribution in [3.8, 4) is 10.6 Å². The lowest BCUT2D eigenvalue weighted by molar-refractivity contribution is -0.176. The van der Waals surface area contributed by atoms with Crippen LogP contribution in [0.2, 0.25) is 0 Å². The summed E-state index contributed by atoms with van der Waals surface area (Å²) < 4.78 is 18.6. The first kappa shape index (κ1) is 17.5. The zero-order chi connectivity index (χ0) is 18.0. The zero-order valence-corrected chi connectivity index (χ0v) is 14.4. The number of hydrogen-bond donors (Lipinski definition) is 1. The number of halogens is 1. The minimum Gasteiger partial charge on any atom is -0.479 e. The lowest BCUT2D eigenvalue weighted by Gasteiger charge is -2.37. The van der Waals surface area contributed by atoms with Crippen molar-refractivity contribution in [3.05, 3.63) is 41.2 Å². The Morgan fingerprint density at radius 1 is 1.48 bits per heavy atom. The molecule has 1 unspecified atom stereocenters. The minimum absolute atomic E-state index is 0.00204. The maximum absolute atomic E-state index is 13.3. The number of rotatable bonds is 4. The number of carboxylic acid groups (broad SMARTS) is 1. The lowest BCUT2D eigenvalue weighted by atomic mass is 10.0. The van der Waals surface area contributed by atoms with Gasteiger partial charge < -0.3 is 14.7 Å². The fourth-order valence-electron chi connectivity index (χ4n) is 2.62. The van der Waals surface area contributed by atoms with Crippen molar-refractivity contribution < 1.29 is 23.8 Å². The first-order valence-electron chi connectivity index (χ1n) is 7.73. The highest BCUT2D eigenvalue weighted by molar-refractivity contribution is 7.13. The van der Waals surface area contributed by atoms with Gasteiger partial charge in [-0.15, -0.1) is 11.3 Å². The van der Waals surface area contributed by atoms with Crippen LogP contribution in [0, 0.1) is 5.82 Å². The molecule has 25 heavy (non-hydrogen) atoms. The molecule has 6 nitrogen and oxygen atoms in total. The molecule has 132 valence electrons. The summed E-state index contributed by atoms with van der Waals surface area (Å²) in [5.74, 6) is -1.63. The third-order valence-electron chi connectivity index (χ3n) is 4.04. The summed E-state index contributed by atoms with van der Waals surface area (Å²) in [6.45, 7) is 1.99. The van der Waals surface area contributed by atoms with E-state index < -0.39 is 11.6 Å². The molecule has 1 fully saturated rings. The van der Waals surface area contributed by atoms with Crippen LogP contribution < -0.4 is 0 Å². The molecule has 2 heterocycles. The van der Waals surface area contributed by atoms with Crippen molar-refractivity contribution in [2.24, 2.45) is 0 Å². The van der Waals surface area contributed by atoms with Gasteiger partial charge in [0.15, 0.2) is 5.60 Å². The van der Waals surface area contributed by atoms with Gasteiger partial charge in [0.25, 0.3) is 0 Å². The molecule has 1 aromatic heterocycles. The fraction of sp³-hybridized carbons (Fsp3) is 0.353. The second kappa shape index (κ2) is 6.89. The maximum atomic E-state index is 13.3. The number of nitrogens with zero attached hydrogens (tertiary/aromatic N) is 2. The van der Waals surface area contributed by atoms with Crippen LogP contribution in [0.5, 0.6) is 0 Å². The molecule has 0 spiro atoms. The normalized spacial score (nSPS) is 20.5. The molecule has 0 aliphatic carbocycles. The van der Waals surface area contributed by atoms with Crippen molar-refractivity contribution in [1.29, 1.82) is 0 Å². The lowest BCUT2D eigenvalue weighted by Crippen LogP contribution is -2.56. The van der Waals surface area contributed by atoms with E-state index in [0.717, 1.165) is 0 Å². The van der Waals surface area contributed by atoms with Crippen LogP contribution in [-0.2, 0) is 20.7 Å². The highest BCUT2D eigenvalue weighted by Crippen LogP contribution is 2.25. The molecular formula is C17H17FN2O4S. The van der Waals surface area contributed by atoms with Crippen LogP contribution in [0.3, 0.4) is 0 Å². The molecule has 0 bridgehead atoms. The van der Waals surface area contributed by atoms with E-state index in [1.165, 1.54) is 35.3 Å². The van der Waals surface area contributed by atoms with Gasteiger partial charge in [0.1, 0.15) is 10.8 Å². The number of carbonyl (C=O) groups is 2. The number of thiazole rings is 1. The van der Waals surface area contributed by atoms with Gasteiger partial charge >= 0.3 is 5.97 Å². The van der Waals surface area contributed by atoms with Gasteiger partial charge in [-0.2, -0.15) is 0 Å². The summed E-state index contributed by atoms with van der Waals surface area (Å²) in [4.78, 5) is 29.6. The molecule has 1 N–H and O–H groups in total. The van der Waals surface area contributed by atoms with Gasteiger partial charge in [-0.1, -0.05) is 12.1 Å². The van der Waals surface area contributed by atoms with Crippen molar-refractivity contribution >= 4 is 23.2 Å². The summed E-state index contributed by atoms with van der Waals surface area (Å²) >= 11 is 1.34. The number of morpholine rings is 1. The predicted octanol–water partition coefficient (Wildman–Crippen LogP) is 2.19. The van der Waals surface area contributed by atoms with Crippen molar-refractivity contribution in [2.45, 2.75) is 18.9 Å². The fourth-order valence-corrected chi connectivity index (χ4v) is 3.44. The van der Waals surface area contributed by atoms with E-state index in [1.807, 2.05) is 0 Å². The van der Waals surface area contributed by atoms with Crippen LogP contribution in [0.25, 0.3) is 10.6 Å². The largest absolute Gasteiger partial charge is 0.479 e. The molecule has 1 aliphatic heterocycles. The minimum atomic E-state index is -1.39. The molecule has 0 radical (unpaired) electrons. The zero-order valence-electron chi connectivity index (χ0n) is 13.6. The number of carbonyl (C=O) groups excluding carboxylic acids is 1. The van der Waals surface area contributed by atoms with Crippen LogP contribution >= 0.6 is 11.3 Å². The molecule has 1 atom stereocenters. The third kappa shape index (κ3) is 3.85. The Kier molecular flexibility index (Phi) is 4.82. The van der Waals surface area contributed by atoms with Gasteiger partial charge in [0.2, 0.25) is 5.91 Å². The first-order chi connectivity index (χ1) is 11.9. The summed E-state index contributed by atoms with van der Waals surface area (Å²) in [5.41, 5.74) is -0.144. The average Bonchev–Trinajstić information content (AvgIpc) is 3.03. The van der Waals surface area contributed by atoms with Gasteiger partial charge in [-0.05, 0) is 19.1 Å². The predicted molar refractivity (Wildman–Crippen MR) is 89.8 cm³/mol. The molecular weight excluding hydrogens is 347 g/mol. The van der Waals surface area contributed by atoms with E-state index in [1.54, 1.807) is 17.5 Å². The van der Waals surface area contributed by atoms with E-state index in [0.29, 0.717) is 22.8 Å².